The van der Waals surface area contributed by atoms with Crippen LogP contribution in [0.5, 0.6) is 11.5 Å². The molecule has 4 aromatic carbocycles. The third-order valence-corrected chi connectivity index (χ3v) is 8.14. The van der Waals surface area contributed by atoms with E-state index in [0.29, 0.717) is 30.8 Å². The molecule has 0 aromatic heterocycles. The van der Waals surface area contributed by atoms with Crippen molar-refractivity contribution in [1.29, 1.82) is 0 Å². The molecule has 8 nitrogen and oxygen atoms in total. The molecule has 246 valence electrons. The van der Waals surface area contributed by atoms with Crippen molar-refractivity contribution in [1.82, 2.24) is 5.32 Å². The predicted octanol–water partition coefficient (Wildman–Crippen LogP) is 6.25. The van der Waals surface area contributed by atoms with Crippen LogP contribution in [0.2, 0.25) is 5.02 Å². The summed E-state index contributed by atoms with van der Waals surface area (Å²) >= 11 is 6.06. The fraction of sp³-hybridized carbons (Fsp3) is 0.316. The van der Waals surface area contributed by atoms with Gasteiger partial charge in [0.25, 0.3) is 0 Å². The third-order valence-electron chi connectivity index (χ3n) is 7.90. The quantitative estimate of drug-likeness (QED) is 0.121. The molecule has 5 rings (SSSR count). The first-order chi connectivity index (χ1) is 22.6. The van der Waals surface area contributed by atoms with E-state index in [2.05, 4.69) is 5.32 Å². The SMILES string of the molecule is Cc1cccc(CCOC(=O)C2(C(=O)OCCc3cccc(C)c3)Oc3ccc(C[C@@H](C)NC[C@H](O)c4cccc(Cl)c4)cc3O2)c1. The number of ether oxygens (including phenoxy) is 4. The Balaban J connectivity index is 1.24. The third kappa shape index (κ3) is 8.92. The Kier molecular flexibility index (Phi) is 11.2. The molecular formula is C38H40ClNO7. The van der Waals surface area contributed by atoms with Gasteiger partial charge in [-0.05, 0) is 73.7 Å². The fourth-order valence-corrected chi connectivity index (χ4v) is 5.64. The van der Waals surface area contributed by atoms with Crippen LogP contribution >= 0.6 is 11.6 Å². The molecule has 0 bridgehead atoms. The molecular weight excluding hydrogens is 618 g/mol. The highest BCUT2D eigenvalue weighted by Gasteiger charge is 2.59. The zero-order valence-corrected chi connectivity index (χ0v) is 27.6. The van der Waals surface area contributed by atoms with E-state index in [0.717, 1.165) is 33.4 Å². The van der Waals surface area contributed by atoms with Crippen LogP contribution in [0.3, 0.4) is 0 Å². The summed E-state index contributed by atoms with van der Waals surface area (Å²) < 4.78 is 23.1. The lowest BCUT2D eigenvalue weighted by Gasteiger charge is -2.23. The molecule has 47 heavy (non-hydrogen) atoms. The highest BCUT2D eigenvalue weighted by atomic mass is 35.5. The molecule has 1 aliphatic rings. The van der Waals surface area contributed by atoms with Crippen molar-refractivity contribution < 1.29 is 33.6 Å². The van der Waals surface area contributed by atoms with Gasteiger partial charge in [0.05, 0.1) is 19.3 Å². The highest BCUT2D eigenvalue weighted by molar-refractivity contribution is 6.30. The molecule has 0 saturated carbocycles. The molecule has 0 fully saturated rings. The number of aliphatic hydroxyl groups is 1. The molecule has 0 radical (unpaired) electrons. The summed E-state index contributed by atoms with van der Waals surface area (Å²) in [5, 5.41) is 14.5. The first-order valence-corrected chi connectivity index (χ1v) is 16.1. The van der Waals surface area contributed by atoms with Crippen LogP contribution in [-0.2, 0) is 38.3 Å². The van der Waals surface area contributed by atoms with Crippen LogP contribution in [0, 0.1) is 13.8 Å². The Morgan fingerprint density at radius 3 is 1.98 bits per heavy atom. The molecule has 0 amide bonds. The van der Waals surface area contributed by atoms with Crippen molar-refractivity contribution in [3.05, 3.63) is 129 Å². The van der Waals surface area contributed by atoms with Crippen molar-refractivity contribution in [2.45, 2.75) is 58.0 Å². The average molecular weight is 658 g/mol. The zero-order chi connectivity index (χ0) is 33.4. The van der Waals surface area contributed by atoms with Gasteiger partial charge in [0, 0.05) is 30.5 Å². The van der Waals surface area contributed by atoms with Crippen molar-refractivity contribution in [3.8, 4) is 11.5 Å². The normalized spacial score (nSPS) is 14.3. The van der Waals surface area contributed by atoms with Gasteiger partial charge in [-0.2, -0.15) is 0 Å². The largest absolute Gasteiger partial charge is 0.459 e. The first kappa shape index (κ1) is 34.0. The van der Waals surface area contributed by atoms with Gasteiger partial charge in [0.15, 0.2) is 11.5 Å². The average Bonchev–Trinajstić information content (AvgIpc) is 3.44. The van der Waals surface area contributed by atoms with Crippen LogP contribution in [0.1, 0.15) is 46.4 Å². The van der Waals surface area contributed by atoms with Crippen molar-refractivity contribution in [3.63, 3.8) is 0 Å². The number of carbonyl (C=O) groups is 2. The van der Waals surface area contributed by atoms with E-state index >= 15 is 0 Å². The highest BCUT2D eigenvalue weighted by Crippen LogP contribution is 2.41. The lowest BCUT2D eigenvalue weighted by atomic mass is 10.1. The monoisotopic (exact) mass is 657 g/mol. The van der Waals surface area contributed by atoms with E-state index in [9.17, 15) is 14.7 Å². The van der Waals surface area contributed by atoms with E-state index in [4.69, 9.17) is 30.5 Å². The molecule has 1 heterocycles. The summed E-state index contributed by atoms with van der Waals surface area (Å²) in [5.74, 6) is -3.91. The number of carbonyl (C=O) groups excluding carboxylic acids is 2. The van der Waals surface area contributed by atoms with Gasteiger partial charge in [-0.1, -0.05) is 89.5 Å². The molecule has 0 unspecified atom stereocenters. The van der Waals surface area contributed by atoms with Gasteiger partial charge in [-0.15, -0.1) is 0 Å². The fourth-order valence-electron chi connectivity index (χ4n) is 5.44. The number of halogens is 1. The second kappa shape index (κ2) is 15.5. The standard InChI is InChI=1S/C38H40ClNO7/c1-25-7-4-9-28(19-25)15-17-44-36(42)38(37(43)45-18-16-29-10-5-8-26(2)20-29)46-34-14-13-30(22-35(34)47-38)21-27(3)40-24-33(41)31-11-6-12-32(39)23-31/h4-14,19-20,22-23,27,33,40-41H,15-18,21,24H2,1-3H3/t27-,33+/m1/s1. The summed E-state index contributed by atoms with van der Waals surface area (Å²) in [6, 6.07) is 28.1. The molecule has 0 saturated heterocycles. The lowest BCUT2D eigenvalue weighted by molar-refractivity contribution is -0.202. The number of aryl methyl sites for hydroxylation is 2. The van der Waals surface area contributed by atoms with E-state index in [1.165, 1.54) is 0 Å². The van der Waals surface area contributed by atoms with E-state index < -0.39 is 23.8 Å². The van der Waals surface area contributed by atoms with Crippen LogP contribution in [-0.4, -0.2) is 48.6 Å². The Morgan fingerprint density at radius 1 is 0.787 bits per heavy atom. The smallest absolute Gasteiger partial charge is 0.453 e. The number of rotatable bonds is 14. The number of aliphatic hydroxyl groups excluding tert-OH is 1. The summed E-state index contributed by atoms with van der Waals surface area (Å²) in [5.41, 5.74) is 5.79. The van der Waals surface area contributed by atoms with Crippen LogP contribution in [0.15, 0.2) is 91.0 Å². The van der Waals surface area contributed by atoms with Gasteiger partial charge in [0.2, 0.25) is 0 Å². The number of benzene rings is 4. The summed E-state index contributed by atoms with van der Waals surface area (Å²) in [4.78, 5) is 27.1. The summed E-state index contributed by atoms with van der Waals surface area (Å²) in [7, 11) is 0. The molecule has 0 spiro atoms. The van der Waals surface area contributed by atoms with Crippen LogP contribution in [0.4, 0.5) is 0 Å². The van der Waals surface area contributed by atoms with E-state index in [1.54, 1.807) is 30.3 Å². The zero-order valence-electron chi connectivity index (χ0n) is 26.8. The van der Waals surface area contributed by atoms with Gasteiger partial charge in [0.1, 0.15) is 0 Å². The number of hydrogen-bond donors (Lipinski definition) is 2. The van der Waals surface area contributed by atoms with Gasteiger partial charge in [-0.25, -0.2) is 9.59 Å². The predicted molar refractivity (Wildman–Crippen MR) is 180 cm³/mol. The van der Waals surface area contributed by atoms with Gasteiger partial charge in [-0.3, -0.25) is 0 Å². The topological polar surface area (TPSA) is 103 Å². The maximum atomic E-state index is 13.5. The van der Waals surface area contributed by atoms with E-state index in [-0.39, 0.29) is 30.8 Å². The minimum Gasteiger partial charge on any atom is -0.459 e. The maximum absolute atomic E-state index is 13.5. The number of esters is 2. The Bertz CT molecular complexity index is 1640. The molecule has 9 heteroatoms. The molecule has 4 aromatic rings. The van der Waals surface area contributed by atoms with Crippen molar-refractivity contribution in [2.75, 3.05) is 19.8 Å². The molecule has 2 atom stereocenters. The lowest BCUT2D eigenvalue weighted by Crippen LogP contribution is -2.56. The Morgan fingerprint density at radius 2 is 1.38 bits per heavy atom. The number of fused-ring (bicyclic) bond motifs is 1. The molecule has 0 aliphatic carbocycles. The second-order valence-corrected chi connectivity index (χ2v) is 12.4. The minimum absolute atomic E-state index is 0.0212. The van der Waals surface area contributed by atoms with Gasteiger partial charge < -0.3 is 29.4 Å². The van der Waals surface area contributed by atoms with Crippen LogP contribution < -0.4 is 14.8 Å². The van der Waals surface area contributed by atoms with Gasteiger partial charge >= 0.3 is 17.7 Å². The Hall–Kier alpha value is -4.37. The number of hydrogen-bond acceptors (Lipinski definition) is 8. The first-order valence-electron chi connectivity index (χ1n) is 15.7. The molecule has 2 N–H and O–H groups in total. The minimum atomic E-state index is -2.43. The summed E-state index contributed by atoms with van der Waals surface area (Å²) in [6.07, 6.45) is 0.774. The Labute approximate surface area is 280 Å². The maximum Gasteiger partial charge on any atom is 0.453 e. The second-order valence-electron chi connectivity index (χ2n) is 11.9. The number of nitrogens with one attached hydrogen (secondary N) is 1. The van der Waals surface area contributed by atoms with Crippen LogP contribution in [0.25, 0.3) is 0 Å². The van der Waals surface area contributed by atoms with Crippen molar-refractivity contribution >= 4 is 23.5 Å². The summed E-state index contributed by atoms with van der Waals surface area (Å²) in [6.45, 7) is 6.36. The van der Waals surface area contributed by atoms with Crippen molar-refractivity contribution in [2.24, 2.45) is 0 Å². The molecule has 1 aliphatic heterocycles. The van der Waals surface area contributed by atoms with E-state index in [1.807, 2.05) is 81.4 Å².